The zero-order valence-corrected chi connectivity index (χ0v) is 10.5. The van der Waals surface area contributed by atoms with Crippen molar-refractivity contribution in [2.75, 3.05) is 30.4 Å². The van der Waals surface area contributed by atoms with E-state index >= 15 is 0 Å². The normalized spacial score (nSPS) is 23.4. The number of nitro groups is 1. The van der Waals surface area contributed by atoms with Gasteiger partial charge in [-0.05, 0) is 6.92 Å². The van der Waals surface area contributed by atoms with Crippen molar-refractivity contribution in [1.82, 2.24) is 4.98 Å². The molecule has 8 nitrogen and oxygen atoms in total. The van der Waals surface area contributed by atoms with Gasteiger partial charge in [-0.15, -0.1) is 0 Å². The van der Waals surface area contributed by atoms with Crippen LogP contribution in [0.4, 0.5) is 17.3 Å². The number of nitrogens with zero attached hydrogens (tertiary/aromatic N) is 3. The predicted octanol–water partition coefficient (Wildman–Crippen LogP) is 0.158. The van der Waals surface area contributed by atoms with Crippen LogP contribution in [0.3, 0.4) is 0 Å². The van der Waals surface area contributed by atoms with E-state index in [1.54, 1.807) is 0 Å². The Morgan fingerprint density at radius 1 is 1.68 bits per heavy atom. The van der Waals surface area contributed by atoms with Gasteiger partial charge in [0.1, 0.15) is 11.6 Å². The summed E-state index contributed by atoms with van der Waals surface area (Å²) in [7, 11) is 0. The van der Waals surface area contributed by atoms with Gasteiger partial charge in [-0.1, -0.05) is 0 Å². The lowest BCUT2D eigenvalue weighted by Gasteiger charge is -2.38. The molecule has 2 atom stereocenters. The predicted molar refractivity (Wildman–Crippen MR) is 68.9 cm³/mol. The van der Waals surface area contributed by atoms with Gasteiger partial charge in [0.2, 0.25) is 0 Å². The molecule has 0 amide bonds. The molecule has 104 valence electrons. The maximum Gasteiger partial charge on any atom is 0.276 e. The lowest BCUT2D eigenvalue weighted by Crippen LogP contribution is -2.50. The third kappa shape index (κ3) is 2.91. The maximum absolute atomic E-state index is 10.8. The number of aliphatic hydroxyl groups is 1. The molecule has 19 heavy (non-hydrogen) atoms. The highest BCUT2D eigenvalue weighted by molar-refractivity contribution is 5.54. The first-order valence-corrected chi connectivity index (χ1v) is 5.92. The van der Waals surface area contributed by atoms with Crippen molar-refractivity contribution in [3.63, 3.8) is 0 Å². The minimum absolute atomic E-state index is 0.0108. The van der Waals surface area contributed by atoms with E-state index in [4.69, 9.17) is 15.6 Å². The molecule has 2 rings (SSSR count). The van der Waals surface area contributed by atoms with E-state index in [0.29, 0.717) is 19.0 Å². The van der Waals surface area contributed by atoms with Crippen LogP contribution in [0.15, 0.2) is 12.1 Å². The molecule has 1 fully saturated rings. The molecule has 1 aromatic rings. The van der Waals surface area contributed by atoms with E-state index in [2.05, 4.69) is 4.98 Å². The average molecular weight is 268 g/mol. The Morgan fingerprint density at radius 3 is 3.05 bits per heavy atom. The van der Waals surface area contributed by atoms with Gasteiger partial charge < -0.3 is 20.5 Å². The maximum atomic E-state index is 10.8. The number of aliphatic hydroxyl groups excluding tert-OH is 1. The smallest absolute Gasteiger partial charge is 0.276 e. The minimum Gasteiger partial charge on any atom is -0.394 e. The van der Waals surface area contributed by atoms with E-state index in [0.717, 1.165) is 0 Å². The summed E-state index contributed by atoms with van der Waals surface area (Å²) in [6, 6.07) is 2.61. The van der Waals surface area contributed by atoms with Crippen LogP contribution in [0.5, 0.6) is 0 Å². The summed E-state index contributed by atoms with van der Waals surface area (Å²) >= 11 is 0. The molecule has 1 aromatic heterocycles. The summed E-state index contributed by atoms with van der Waals surface area (Å²) in [5.74, 6) is 0.532. The fourth-order valence-electron chi connectivity index (χ4n) is 2.02. The summed E-state index contributed by atoms with van der Waals surface area (Å²) in [4.78, 5) is 16.3. The third-order valence-corrected chi connectivity index (χ3v) is 3.03. The second-order valence-electron chi connectivity index (χ2n) is 4.50. The van der Waals surface area contributed by atoms with Crippen molar-refractivity contribution in [3.05, 3.63) is 22.2 Å². The Labute approximate surface area is 109 Å². The molecule has 1 aliphatic rings. The Morgan fingerprint density at radius 2 is 2.42 bits per heavy atom. The van der Waals surface area contributed by atoms with Gasteiger partial charge in [0.25, 0.3) is 5.69 Å². The number of ether oxygens (including phenoxy) is 1. The van der Waals surface area contributed by atoms with Crippen LogP contribution in [-0.2, 0) is 4.74 Å². The highest BCUT2D eigenvalue weighted by Crippen LogP contribution is 2.25. The van der Waals surface area contributed by atoms with Crippen molar-refractivity contribution < 1.29 is 14.8 Å². The minimum atomic E-state index is -0.504. The Balaban J connectivity index is 2.31. The number of nitrogen functional groups attached to an aromatic ring is 1. The molecule has 1 aliphatic heterocycles. The summed E-state index contributed by atoms with van der Waals surface area (Å²) in [5.41, 5.74) is 5.50. The topological polar surface area (TPSA) is 115 Å². The molecule has 0 aliphatic carbocycles. The zero-order chi connectivity index (χ0) is 14.0. The molecule has 0 radical (unpaired) electrons. The van der Waals surface area contributed by atoms with Crippen LogP contribution >= 0.6 is 0 Å². The molecule has 1 saturated heterocycles. The Hall–Kier alpha value is -1.93. The number of morpholine rings is 1. The number of aromatic nitrogens is 1. The average Bonchev–Trinajstić information content (AvgIpc) is 2.38. The Bertz CT molecular complexity index is 482. The number of anilines is 2. The van der Waals surface area contributed by atoms with Crippen molar-refractivity contribution in [3.8, 4) is 0 Å². The van der Waals surface area contributed by atoms with Crippen LogP contribution in [0, 0.1) is 10.1 Å². The molecule has 0 spiro atoms. The molecule has 2 heterocycles. The molecule has 3 N–H and O–H groups in total. The molecule has 0 bridgehead atoms. The number of hydrogen-bond donors (Lipinski definition) is 2. The first-order valence-electron chi connectivity index (χ1n) is 5.92. The number of nitrogens with two attached hydrogens (primary N) is 1. The van der Waals surface area contributed by atoms with Crippen molar-refractivity contribution in [2.24, 2.45) is 0 Å². The highest BCUT2D eigenvalue weighted by atomic mass is 16.6. The fraction of sp³-hybridized carbons (Fsp3) is 0.545. The van der Waals surface area contributed by atoms with Gasteiger partial charge in [-0.25, -0.2) is 4.98 Å². The van der Waals surface area contributed by atoms with Crippen LogP contribution in [0.2, 0.25) is 0 Å². The lowest BCUT2D eigenvalue weighted by atomic mass is 10.2. The van der Waals surface area contributed by atoms with Gasteiger partial charge in [-0.3, -0.25) is 10.1 Å². The van der Waals surface area contributed by atoms with Crippen LogP contribution < -0.4 is 10.6 Å². The number of hydrogen-bond acceptors (Lipinski definition) is 7. The first-order chi connectivity index (χ1) is 9.01. The van der Waals surface area contributed by atoms with Gasteiger partial charge >= 0.3 is 0 Å². The van der Waals surface area contributed by atoms with E-state index in [1.165, 1.54) is 12.1 Å². The largest absolute Gasteiger partial charge is 0.394 e. The van der Waals surface area contributed by atoms with Crippen molar-refractivity contribution in [1.29, 1.82) is 0 Å². The molecule has 2 unspecified atom stereocenters. The summed E-state index contributed by atoms with van der Waals surface area (Å²) < 4.78 is 5.41. The summed E-state index contributed by atoms with van der Waals surface area (Å²) in [5, 5.41) is 20.0. The highest BCUT2D eigenvalue weighted by Gasteiger charge is 2.27. The standard InChI is InChI=1S/C11H16N4O4/c1-7-6-19-9(5-16)4-14(7)11-3-8(15(17)18)2-10(12)13-11/h2-3,7,9,16H,4-6H2,1H3,(H2,12,13). The van der Waals surface area contributed by atoms with Crippen LogP contribution in [0.1, 0.15) is 6.92 Å². The van der Waals surface area contributed by atoms with E-state index in [-0.39, 0.29) is 30.3 Å². The van der Waals surface area contributed by atoms with Gasteiger partial charge in [0.15, 0.2) is 0 Å². The first kappa shape index (κ1) is 13.5. The lowest BCUT2D eigenvalue weighted by molar-refractivity contribution is -0.384. The van der Waals surface area contributed by atoms with Crippen molar-refractivity contribution in [2.45, 2.75) is 19.1 Å². The summed E-state index contributed by atoms with van der Waals surface area (Å²) in [6.45, 7) is 2.67. The SMILES string of the molecule is CC1COC(CO)CN1c1cc([N+](=O)[O-])cc(N)n1. The molecular formula is C11H16N4O4. The van der Waals surface area contributed by atoms with E-state index < -0.39 is 4.92 Å². The second kappa shape index (κ2) is 5.37. The van der Waals surface area contributed by atoms with Gasteiger partial charge in [0.05, 0.1) is 42.4 Å². The monoisotopic (exact) mass is 268 g/mol. The Kier molecular flexibility index (Phi) is 3.82. The molecule has 0 saturated carbocycles. The second-order valence-corrected chi connectivity index (χ2v) is 4.50. The molecule has 8 heteroatoms. The zero-order valence-electron chi connectivity index (χ0n) is 10.5. The van der Waals surface area contributed by atoms with Gasteiger partial charge in [0, 0.05) is 6.54 Å². The number of pyridine rings is 1. The molecular weight excluding hydrogens is 252 g/mol. The fourth-order valence-corrected chi connectivity index (χ4v) is 2.02. The third-order valence-electron chi connectivity index (χ3n) is 3.03. The van der Waals surface area contributed by atoms with E-state index in [9.17, 15) is 10.1 Å². The van der Waals surface area contributed by atoms with E-state index in [1.807, 2.05) is 11.8 Å². The number of rotatable bonds is 3. The van der Waals surface area contributed by atoms with Crippen LogP contribution in [0.25, 0.3) is 0 Å². The summed E-state index contributed by atoms with van der Waals surface area (Å²) in [6.07, 6.45) is -0.321. The van der Waals surface area contributed by atoms with Crippen LogP contribution in [-0.4, -0.2) is 46.9 Å². The molecule has 0 aromatic carbocycles. The van der Waals surface area contributed by atoms with Gasteiger partial charge in [-0.2, -0.15) is 0 Å². The quantitative estimate of drug-likeness (QED) is 0.592. The van der Waals surface area contributed by atoms with Crippen molar-refractivity contribution >= 4 is 17.3 Å².